The van der Waals surface area contributed by atoms with Gasteiger partial charge in [0.2, 0.25) is 9.84 Å². The van der Waals surface area contributed by atoms with Crippen molar-refractivity contribution in [2.45, 2.75) is 23.5 Å². The van der Waals surface area contributed by atoms with Gasteiger partial charge < -0.3 is 10.1 Å². The number of hydrogen-bond donors (Lipinski definition) is 1. The molecule has 1 aromatic carbocycles. The van der Waals surface area contributed by atoms with Gasteiger partial charge in [-0.05, 0) is 43.7 Å². The Kier molecular flexibility index (Phi) is 4.93. The van der Waals surface area contributed by atoms with Crippen molar-refractivity contribution >= 4 is 9.84 Å². The van der Waals surface area contributed by atoms with Crippen molar-refractivity contribution in [3.63, 3.8) is 0 Å². The molecule has 1 aliphatic rings. The first-order chi connectivity index (χ1) is 9.50. The summed E-state index contributed by atoms with van der Waals surface area (Å²) in [5.74, 6) is -2.49. The van der Waals surface area contributed by atoms with Gasteiger partial charge in [-0.25, -0.2) is 8.42 Å². The number of rotatable bonds is 5. The van der Waals surface area contributed by atoms with Gasteiger partial charge in [-0.1, -0.05) is 0 Å². The maximum Gasteiger partial charge on any atom is 0.341 e. The molecular weight excluding hydrogens is 288 g/mol. The van der Waals surface area contributed by atoms with Gasteiger partial charge in [0.25, 0.3) is 0 Å². The normalized spacial score (nSPS) is 20.1. The Morgan fingerprint density at radius 1 is 1.30 bits per heavy atom. The number of piperidine rings is 1. The molecule has 4 nitrogen and oxygen atoms in total. The number of benzene rings is 1. The molecule has 1 N–H and O–H groups in total. The summed E-state index contributed by atoms with van der Waals surface area (Å²) >= 11 is 0. The average molecular weight is 305 g/mol. The van der Waals surface area contributed by atoms with Crippen LogP contribution in [0.3, 0.4) is 0 Å². The summed E-state index contributed by atoms with van der Waals surface area (Å²) in [5.41, 5.74) is 0. The molecule has 0 radical (unpaired) electrons. The molecule has 1 atom stereocenters. The van der Waals surface area contributed by atoms with E-state index in [0.29, 0.717) is 18.3 Å². The fourth-order valence-corrected chi connectivity index (χ4v) is 2.83. The summed E-state index contributed by atoms with van der Waals surface area (Å²) in [5, 5.41) is 3.27. The second-order valence-corrected chi connectivity index (χ2v) is 6.72. The average Bonchev–Trinajstić information content (AvgIpc) is 2.46. The standard InChI is InChI=1S/C13H17F2NO3S/c14-13(15)20(17,18)12-5-3-11(4-6-12)19-9-10-2-1-7-16-8-10/h3-6,10,13,16H,1-2,7-9H2. The highest BCUT2D eigenvalue weighted by molar-refractivity contribution is 7.91. The second kappa shape index (κ2) is 6.49. The molecule has 1 aromatic rings. The first-order valence-electron chi connectivity index (χ1n) is 6.46. The van der Waals surface area contributed by atoms with Crippen molar-refractivity contribution < 1.29 is 21.9 Å². The lowest BCUT2D eigenvalue weighted by Gasteiger charge is -2.22. The van der Waals surface area contributed by atoms with E-state index in [-0.39, 0.29) is 4.90 Å². The summed E-state index contributed by atoms with van der Waals surface area (Å²) in [7, 11) is -4.53. The van der Waals surface area contributed by atoms with E-state index in [4.69, 9.17) is 4.74 Å². The van der Waals surface area contributed by atoms with Crippen molar-refractivity contribution in [2.75, 3.05) is 19.7 Å². The molecule has 2 rings (SSSR count). The molecule has 7 heteroatoms. The smallest absolute Gasteiger partial charge is 0.341 e. The number of alkyl halides is 2. The highest BCUT2D eigenvalue weighted by Crippen LogP contribution is 2.22. The Morgan fingerprint density at radius 2 is 2.00 bits per heavy atom. The van der Waals surface area contributed by atoms with Crippen molar-refractivity contribution in [1.29, 1.82) is 0 Å². The van der Waals surface area contributed by atoms with Crippen LogP contribution in [0.1, 0.15) is 12.8 Å². The van der Waals surface area contributed by atoms with E-state index in [2.05, 4.69) is 5.32 Å². The maximum atomic E-state index is 12.4. The molecule has 1 saturated heterocycles. The van der Waals surface area contributed by atoms with Crippen LogP contribution < -0.4 is 10.1 Å². The molecule has 112 valence electrons. The van der Waals surface area contributed by atoms with Crippen molar-refractivity contribution in [1.82, 2.24) is 5.32 Å². The van der Waals surface area contributed by atoms with Crippen molar-refractivity contribution in [3.8, 4) is 5.75 Å². The summed E-state index contributed by atoms with van der Waals surface area (Å²) in [6, 6.07) is 5.11. The minimum Gasteiger partial charge on any atom is -0.493 e. The highest BCUT2D eigenvalue weighted by Gasteiger charge is 2.26. The van der Waals surface area contributed by atoms with Crippen LogP contribution in [0.4, 0.5) is 8.78 Å². The molecule has 0 spiro atoms. The Bertz CT molecular complexity index is 525. The van der Waals surface area contributed by atoms with Gasteiger partial charge in [-0.2, -0.15) is 8.78 Å². The molecule has 20 heavy (non-hydrogen) atoms. The Balaban J connectivity index is 1.94. The van der Waals surface area contributed by atoms with Crippen LogP contribution in [0.25, 0.3) is 0 Å². The van der Waals surface area contributed by atoms with Crippen LogP contribution in [0.2, 0.25) is 0 Å². The largest absolute Gasteiger partial charge is 0.493 e. The maximum absolute atomic E-state index is 12.4. The minimum absolute atomic E-state index is 0.390. The Morgan fingerprint density at radius 3 is 2.55 bits per heavy atom. The predicted octanol–water partition coefficient (Wildman–Crippen LogP) is 2.06. The molecule has 0 saturated carbocycles. The Labute approximate surface area is 117 Å². The van der Waals surface area contributed by atoms with E-state index in [1.807, 2.05) is 0 Å². The third kappa shape index (κ3) is 3.67. The molecule has 1 aliphatic heterocycles. The van der Waals surface area contributed by atoms with E-state index in [1.54, 1.807) is 0 Å². The number of halogens is 2. The molecule has 1 unspecified atom stereocenters. The van der Waals surface area contributed by atoms with E-state index in [9.17, 15) is 17.2 Å². The van der Waals surface area contributed by atoms with E-state index < -0.39 is 15.6 Å². The fraction of sp³-hybridized carbons (Fsp3) is 0.538. The van der Waals surface area contributed by atoms with Gasteiger partial charge in [-0.15, -0.1) is 0 Å². The van der Waals surface area contributed by atoms with E-state index in [1.165, 1.54) is 12.1 Å². The van der Waals surface area contributed by atoms with Crippen molar-refractivity contribution in [2.24, 2.45) is 5.92 Å². The van der Waals surface area contributed by atoms with Crippen LogP contribution in [-0.2, 0) is 9.84 Å². The van der Waals surface area contributed by atoms with Crippen LogP contribution in [-0.4, -0.2) is 33.9 Å². The van der Waals surface area contributed by atoms with E-state index >= 15 is 0 Å². The van der Waals surface area contributed by atoms with Gasteiger partial charge in [0.15, 0.2) is 0 Å². The number of sulfone groups is 1. The van der Waals surface area contributed by atoms with Crippen LogP contribution in [0.15, 0.2) is 29.2 Å². The topological polar surface area (TPSA) is 55.4 Å². The quantitative estimate of drug-likeness (QED) is 0.905. The zero-order chi connectivity index (χ0) is 14.6. The zero-order valence-electron chi connectivity index (χ0n) is 10.9. The van der Waals surface area contributed by atoms with Gasteiger partial charge >= 0.3 is 5.76 Å². The lowest BCUT2D eigenvalue weighted by Crippen LogP contribution is -2.33. The first-order valence-corrected chi connectivity index (χ1v) is 8.00. The molecule has 0 aliphatic carbocycles. The van der Waals surface area contributed by atoms with Crippen molar-refractivity contribution in [3.05, 3.63) is 24.3 Å². The van der Waals surface area contributed by atoms with E-state index in [0.717, 1.165) is 38.1 Å². The molecule has 0 bridgehead atoms. The van der Waals surface area contributed by atoms with Gasteiger partial charge in [0.05, 0.1) is 11.5 Å². The number of hydrogen-bond acceptors (Lipinski definition) is 4. The minimum atomic E-state index is -4.53. The molecule has 1 fully saturated rings. The monoisotopic (exact) mass is 305 g/mol. The summed E-state index contributed by atoms with van der Waals surface area (Å²) in [6.45, 7) is 2.46. The SMILES string of the molecule is O=S(=O)(c1ccc(OCC2CCCNC2)cc1)C(F)F. The number of nitrogens with one attached hydrogen (secondary N) is 1. The lowest BCUT2D eigenvalue weighted by molar-refractivity contribution is 0.218. The molecule has 0 aromatic heterocycles. The van der Waals surface area contributed by atoms with Crippen LogP contribution >= 0.6 is 0 Å². The summed E-state index contributed by atoms with van der Waals surface area (Å²) < 4.78 is 52.8. The summed E-state index contributed by atoms with van der Waals surface area (Å²) in [4.78, 5) is -0.390. The number of ether oxygens (including phenoxy) is 1. The van der Waals surface area contributed by atoms with Crippen LogP contribution in [0.5, 0.6) is 5.75 Å². The van der Waals surface area contributed by atoms with Gasteiger partial charge in [0, 0.05) is 12.5 Å². The van der Waals surface area contributed by atoms with Gasteiger partial charge in [0.1, 0.15) is 5.75 Å². The van der Waals surface area contributed by atoms with Gasteiger partial charge in [-0.3, -0.25) is 0 Å². The molecule has 1 heterocycles. The third-order valence-corrected chi connectivity index (χ3v) is 4.67. The lowest BCUT2D eigenvalue weighted by atomic mass is 10.0. The predicted molar refractivity (Wildman–Crippen MR) is 70.7 cm³/mol. The second-order valence-electron chi connectivity index (χ2n) is 4.80. The zero-order valence-corrected chi connectivity index (χ0v) is 11.7. The summed E-state index contributed by atoms with van der Waals surface area (Å²) in [6.07, 6.45) is 2.20. The Hall–Kier alpha value is -1.21. The third-order valence-electron chi connectivity index (χ3n) is 3.27. The van der Waals surface area contributed by atoms with Crippen LogP contribution in [0, 0.1) is 5.92 Å². The molecular formula is C13H17F2NO3S. The molecule has 0 amide bonds. The first kappa shape index (κ1) is 15.2. The highest BCUT2D eigenvalue weighted by atomic mass is 32.2. The fourth-order valence-electron chi connectivity index (χ4n) is 2.11.